The molecule has 0 atom stereocenters. The number of ether oxygens (including phenoxy) is 2. The Labute approximate surface area is 162 Å². The molecule has 1 aliphatic heterocycles. The van der Waals surface area contributed by atoms with Gasteiger partial charge >= 0.3 is 0 Å². The van der Waals surface area contributed by atoms with Gasteiger partial charge in [0.1, 0.15) is 6.33 Å². The van der Waals surface area contributed by atoms with Crippen LogP contribution in [0, 0.1) is 10.1 Å². The van der Waals surface area contributed by atoms with Gasteiger partial charge in [-0.25, -0.2) is 0 Å². The van der Waals surface area contributed by atoms with Crippen molar-refractivity contribution in [2.75, 3.05) is 12.1 Å². The molecule has 1 amide bonds. The van der Waals surface area contributed by atoms with Gasteiger partial charge in [-0.2, -0.15) is 0 Å². The smallest absolute Gasteiger partial charge is 0.284 e. The van der Waals surface area contributed by atoms with Crippen molar-refractivity contribution in [3.63, 3.8) is 0 Å². The Morgan fingerprint density at radius 3 is 2.82 bits per heavy atom. The van der Waals surface area contributed by atoms with Crippen LogP contribution in [0.4, 0.5) is 11.4 Å². The van der Waals surface area contributed by atoms with Gasteiger partial charge in [0.05, 0.1) is 9.82 Å². The second-order valence-electron chi connectivity index (χ2n) is 5.79. The number of nitro benzene ring substituents is 1. The van der Waals surface area contributed by atoms with E-state index >= 15 is 0 Å². The summed E-state index contributed by atoms with van der Waals surface area (Å²) in [5.41, 5.74) is 0.465. The van der Waals surface area contributed by atoms with Gasteiger partial charge in [0.25, 0.3) is 11.6 Å². The minimum absolute atomic E-state index is 0.129. The number of amides is 1. The Kier molecular flexibility index (Phi) is 4.57. The van der Waals surface area contributed by atoms with Gasteiger partial charge in [-0.3, -0.25) is 14.9 Å². The van der Waals surface area contributed by atoms with E-state index in [-0.39, 0.29) is 18.0 Å². The second kappa shape index (κ2) is 7.19. The molecular weight excluding hydrogens is 386 g/mol. The van der Waals surface area contributed by atoms with Crippen LogP contribution in [0.3, 0.4) is 0 Å². The Balaban J connectivity index is 1.57. The molecule has 0 aliphatic carbocycles. The number of fused-ring (bicyclic) bond motifs is 1. The van der Waals surface area contributed by atoms with Crippen molar-refractivity contribution in [1.82, 2.24) is 14.8 Å². The first-order valence-corrected chi connectivity index (χ1v) is 8.84. The van der Waals surface area contributed by atoms with E-state index in [1.54, 1.807) is 29.8 Å². The average Bonchev–Trinajstić information content (AvgIpc) is 3.30. The fraction of sp³-hybridized carbons (Fsp3) is 0.118. The van der Waals surface area contributed by atoms with Crippen LogP contribution in [-0.2, 0) is 7.05 Å². The van der Waals surface area contributed by atoms with Crippen LogP contribution in [0.25, 0.3) is 0 Å². The maximum absolute atomic E-state index is 12.5. The first-order chi connectivity index (χ1) is 13.5. The van der Waals surface area contributed by atoms with Crippen LogP contribution < -0.4 is 14.8 Å². The molecule has 10 nitrogen and oxygen atoms in total. The van der Waals surface area contributed by atoms with Crippen LogP contribution in [0.15, 0.2) is 52.8 Å². The van der Waals surface area contributed by atoms with E-state index in [0.29, 0.717) is 27.2 Å². The highest BCUT2D eigenvalue weighted by atomic mass is 32.2. The monoisotopic (exact) mass is 399 g/mol. The lowest BCUT2D eigenvalue weighted by molar-refractivity contribution is -0.387. The minimum atomic E-state index is -0.532. The molecule has 0 bridgehead atoms. The molecule has 1 aliphatic rings. The van der Waals surface area contributed by atoms with Crippen molar-refractivity contribution < 1.29 is 19.2 Å². The standard InChI is InChI=1S/C17H13N5O5S/c1-21-8-18-20-17(21)28-15-5-2-10(6-12(15)22(24)25)16(23)19-11-3-4-13-14(7-11)27-9-26-13/h2-8H,9H2,1H3,(H,19,23). The summed E-state index contributed by atoms with van der Waals surface area (Å²) in [6, 6.07) is 9.26. The Bertz CT molecular complexity index is 1080. The largest absolute Gasteiger partial charge is 0.454 e. The van der Waals surface area contributed by atoms with Gasteiger partial charge in [0.2, 0.25) is 6.79 Å². The second-order valence-corrected chi connectivity index (χ2v) is 6.80. The molecule has 0 saturated carbocycles. The van der Waals surface area contributed by atoms with Crippen LogP contribution in [0.2, 0.25) is 0 Å². The lowest BCUT2D eigenvalue weighted by atomic mass is 10.2. The number of benzene rings is 2. The number of nitro groups is 1. The van der Waals surface area contributed by atoms with E-state index in [1.165, 1.54) is 24.5 Å². The highest BCUT2D eigenvalue weighted by Crippen LogP contribution is 2.36. The first-order valence-electron chi connectivity index (χ1n) is 8.02. The number of hydrogen-bond acceptors (Lipinski definition) is 8. The summed E-state index contributed by atoms with van der Waals surface area (Å²) < 4.78 is 12.1. The van der Waals surface area contributed by atoms with Crippen molar-refractivity contribution in [3.05, 3.63) is 58.4 Å². The number of hydrogen-bond donors (Lipinski definition) is 1. The third kappa shape index (κ3) is 3.47. The van der Waals surface area contributed by atoms with Crippen molar-refractivity contribution >= 4 is 29.0 Å². The zero-order chi connectivity index (χ0) is 19.7. The third-order valence-corrected chi connectivity index (χ3v) is 5.04. The first kappa shape index (κ1) is 17.8. The molecule has 0 radical (unpaired) electrons. The maximum atomic E-state index is 12.5. The summed E-state index contributed by atoms with van der Waals surface area (Å²) in [6.07, 6.45) is 1.50. The van der Waals surface area contributed by atoms with Crippen LogP contribution in [0.5, 0.6) is 11.5 Å². The quantitative estimate of drug-likeness (QED) is 0.513. The highest BCUT2D eigenvalue weighted by molar-refractivity contribution is 7.99. The van der Waals surface area contributed by atoms with Crippen LogP contribution in [0.1, 0.15) is 10.4 Å². The summed E-state index contributed by atoms with van der Waals surface area (Å²) >= 11 is 1.10. The SMILES string of the molecule is Cn1cnnc1Sc1ccc(C(=O)Nc2ccc3c(c2)OCO3)cc1[N+](=O)[O-]. The summed E-state index contributed by atoms with van der Waals surface area (Å²) in [5, 5.41) is 22.3. The van der Waals surface area contributed by atoms with E-state index in [0.717, 1.165) is 11.8 Å². The molecule has 3 aromatic rings. The van der Waals surface area contributed by atoms with Crippen molar-refractivity contribution in [2.45, 2.75) is 10.1 Å². The van der Waals surface area contributed by atoms with Gasteiger partial charge in [-0.15, -0.1) is 10.2 Å². The number of rotatable bonds is 5. The number of nitrogens with zero attached hydrogens (tertiary/aromatic N) is 4. The molecular formula is C17H13N5O5S. The maximum Gasteiger partial charge on any atom is 0.284 e. The highest BCUT2D eigenvalue weighted by Gasteiger charge is 2.21. The van der Waals surface area contributed by atoms with Gasteiger partial charge in [0, 0.05) is 30.4 Å². The van der Waals surface area contributed by atoms with Crippen LogP contribution in [-0.4, -0.2) is 32.4 Å². The van der Waals surface area contributed by atoms with Gasteiger partial charge in [0.15, 0.2) is 16.7 Å². The third-order valence-electron chi connectivity index (χ3n) is 3.92. The number of anilines is 1. The molecule has 11 heteroatoms. The fourth-order valence-corrected chi connectivity index (χ4v) is 3.38. The fourth-order valence-electron chi connectivity index (χ4n) is 2.53. The molecule has 4 rings (SSSR count). The number of aromatic nitrogens is 3. The van der Waals surface area contributed by atoms with Crippen LogP contribution >= 0.6 is 11.8 Å². The number of carbonyl (C=O) groups is 1. The van der Waals surface area contributed by atoms with Crippen molar-refractivity contribution in [2.24, 2.45) is 7.05 Å². The number of nitrogens with one attached hydrogen (secondary N) is 1. The molecule has 2 aromatic carbocycles. The van der Waals surface area contributed by atoms with E-state index in [9.17, 15) is 14.9 Å². The predicted octanol–water partition coefficient (Wildman–Crippen LogP) is 2.86. The molecule has 2 heterocycles. The van der Waals surface area contributed by atoms with Crippen molar-refractivity contribution in [1.29, 1.82) is 0 Å². The van der Waals surface area contributed by atoms with E-state index in [2.05, 4.69) is 15.5 Å². The minimum Gasteiger partial charge on any atom is -0.454 e. The van der Waals surface area contributed by atoms with E-state index < -0.39 is 10.8 Å². The molecule has 1 aromatic heterocycles. The number of aryl methyl sites for hydroxylation is 1. The normalized spacial score (nSPS) is 12.0. The summed E-state index contributed by atoms with van der Waals surface area (Å²) in [7, 11) is 1.74. The zero-order valence-electron chi connectivity index (χ0n) is 14.5. The van der Waals surface area contributed by atoms with Gasteiger partial charge < -0.3 is 19.4 Å². The Hall–Kier alpha value is -3.60. The summed E-state index contributed by atoms with van der Waals surface area (Å²) in [4.78, 5) is 23.8. The van der Waals surface area contributed by atoms with Crippen molar-refractivity contribution in [3.8, 4) is 11.5 Å². The molecule has 0 unspecified atom stereocenters. The number of carbonyl (C=O) groups excluding carboxylic acids is 1. The topological polar surface area (TPSA) is 121 Å². The average molecular weight is 399 g/mol. The lowest BCUT2D eigenvalue weighted by Crippen LogP contribution is -2.12. The van der Waals surface area contributed by atoms with E-state index in [1.807, 2.05) is 0 Å². The summed E-state index contributed by atoms with van der Waals surface area (Å²) in [6.45, 7) is 0.129. The molecule has 142 valence electrons. The van der Waals surface area contributed by atoms with Gasteiger partial charge in [-0.1, -0.05) is 0 Å². The lowest BCUT2D eigenvalue weighted by Gasteiger charge is -2.08. The van der Waals surface area contributed by atoms with Gasteiger partial charge in [-0.05, 0) is 36.0 Å². The Morgan fingerprint density at radius 1 is 1.25 bits per heavy atom. The summed E-state index contributed by atoms with van der Waals surface area (Å²) in [5.74, 6) is 0.648. The van der Waals surface area contributed by atoms with E-state index in [4.69, 9.17) is 9.47 Å². The molecule has 28 heavy (non-hydrogen) atoms. The molecule has 0 spiro atoms. The Morgan fingerprint density at radius 2 is 2.07 bits per heavy atom. The predicted molar refractivity (Wildman–Crippen MR) is 98.7 cm³/mol. The zero-order valence-corrected chi connectivity index (χ0v) is 15.3. The molecule has 0 fully saturated rings. The molecule has 0 saturated heterocycles. The molecule has 1 N–H and O–H groups in total.